The summed E-state index contributed by atoms with van der Waals surface area (Å²) in [6.07, 6.45) is 23.8. The quantitative estimate of drug-likeness (QED) is 0.138. The Hall–Kier alpha value is -1.02. The van der Waals surface area contributed by atoms with Gasteiger partial charge in [-0.15, -0.1) is 6.67 Å². The van der Waals surface area contributed by atoms with Gasteiger partial charge in [0.05, 0.1) is 17.0 Å². The number of hydrogen-bond acceptors (Lipinski definition) is 3. The van der Waals surface area contributed by atoms with Crippen molar-refractivity contribution < 1.29 is 13.5 Å². The molecule has 2 nitrogen and oxygen atoms in total. The third-order valence-corrected chi connectivity index (χ3v) is 19.7. The molecule has 3 aliphatic carbocycles. The van der Waals surface area contributed by atoms with Crippen LogP contribution in [0.15, 0.2) is 53.2 Å². The normalized spacial score (nSPS) is 19.2. The van der Waals surface area contributed by atoms with E-state index in [1.54, 1.807) is 108 Å². The third kappa shape index (κ3) is 11.8. The minimum atomic E-state index is -1.57. The topological polar surface area (TPSA) is 6.48 Å². The van der Waals surface area contributed by atoms with Gasteiger partial charge in [-0.05, 0) is 155 Å². The summed E-state index contributed by atoms with van der Waals surface area (Å²) in [5.74, 6) is 0. The van der Waals surface area contributed by atoms with E-state index >= 15 is 0 Å². The van der Waals surface area contributed by atoms with Gasteiger partial charge in [0.25, 0.3) is 0 Å². The Morgan fingerprint density at radius 3 is 1.26 bits per heavy atom. The van der Waals surface area contributed by atoms with Crippen LogP contribution in [0.2, 0.25) is 0 Å². The van der Waals surface area contributed by atoms with Gasteiger partial charge < -0.3 is 9.80 Å². The Bertz CT molecular complexity index is 1520. The molecule has 0 N–H and O–H groups in total. The summed E-state index contributed by atoms with van der Waals surface area (Å²) in [5, 5.41) is 2.01. The van der Waals surface area contributed by atoms with Crippen molar-refractivity contribution in [1.82, 2.24) is 0 Å². The molecule has 2 heterocycles. The fourth-order valence-corrected chi connectivity index (χ4v) is 18.6. The Morgan fingerprint density at radius 1 is 0.604 bits per heavy atom. The van der Waals surface area contributed by atoms with Gasteiger partial charge in [-0.1, -0.05) is 54.7 Å². The number of hydrogen-bond donors (Lipinski definition) is 0. The van der Waals surface area contributed by atoms with Crippen LogP contribution in [0, 0.1) is 48.2 Å². The van der Waals surface area contributed by atoms with E-state index in [9.17, 15) is 0 Å². The molecule has 1 aliphatic heterocycles. The second-order valence-corrected chi connectivity index (χ2v) is 26.5. The standard InChI is InChI=1S/C23H29N2.C18H33P.C5H4S.2ClH.Ru/c1-14-9-16(3)22(17(4)10-14)24-13-25(21(8)20(24)7)23-18(5)11-15(2)12-19(23)6;1-4-10-16(11-5-1)19(17-12-6-2-7-13-17)18-14-8-3-9-15-18;1-5-3-2-4-6-5;;;/h9-13H,1-8H3;16-18H,1-15H2;1-4H;2*1H;/q-1;;;;;+2/p-1. The zero-order valence-electron chi connectivity index (χ0n) is 33.9. The second-order valence-electron chi connectivity index (χ2n) is 16.3. The van der Waals surface area contributed by atoms with Crippen LogP contribution in [0.3, 0.4) is 0 Å². The van der Waals surface area contributed by atoms with Gasteiger partial charge in [-0.25, -0.2) is 0 Å². The van der Waals surface area contributed by atoms with Gasteiger partial charge in [0.2, 0.25) is 0 Å². The second kappa shape index (κ2) is 20.9. The number of nitrogens with zero attached hydrogens (tertiary/aromatic N) is 2. The van der Waals surface area contributed by atoms with Crippen molar-refractivity contribution >= 4 is 54.6 Å². The molecule has 3 saturated carbocycles. The van der Waals surface area contributed by atoms with Crippen molar-refractivity contribution in [3.8, 4) is 0 Å². The molecule has 0 bridgehead atoms. The van der Waals surface area contributed by atoms with Gasteiger partial charge in [0.1, 0.15) is 0 Å². The predicted molar refractivity (Wildman–Crippen MR) is 239 cm³/mol. The fourth-order valence-electron chi connectivity index (χ4n) is 9.93. The number of anilines is 2. The molecule has 0 amide bonds. The number of allylic oxidation sites excluding steroid dienone is 2. The van der Waals surface area contributed by atoms with E-state index in [1.807, 2.05) is 22.1 Å². The number of aryl methyl sites for hydroxylation is 6. The van der Waals surface area contributed by atoms with Crippen LogP contribution in [0.4, 0.5) is 11.4 Å². The van der Waals surface area contributed by atoms with Crippen LogP contribution >= 0.6 is 38.6 Å². The molecular formula is C46H67Cl2N2PRuS. The molecule has 0 spiro atoms. The van der Waals surface area contributed by atoms with Gasteiger partial charge in [0, 0.05) is 30.7 Å². The van der Waals surface area contributed by atoms with E-state index in [0.717, 1.165) is 0 Å². The number of rotatable bonds is 6. The average Bonchev–Trinajstić information content (AvgIpc) is 3.73. The number of thiophene rings is 1. The van der Waals surface area contributed by atoms with E-state index in [4.69, 9.17) is 19.4 Å². The first-order chi connectivity index (χ1) is 25.4. The molecule has 2 aromatic carbocycles. The van der Waals surface area contributed by atoms with Crippen LogP contribution in [0.1, 0.15) is 148 Å². The van der Waals surface area contributed by atoms with Crippen molar-refractivity contribution in [2.24, 2.45) is 0 Å². The summed E-state index contributed by atoms with van der Waals surface area (Å²) in [7, 11) is 11.2. The minimum absolute atomic E-state index is 0.0465. The molecule has 0 atom stereocenters. The number of benzene rings is 2. The van der Waals surface area contributed by atoms with E-state index in [1.165, 1.54) is 78.0 Å². The summed E-state index contributed by atoms with van der Waals surface area (Å²) < 4.78 is 1.94. The number of halogens is 2. The van der Waals surface area contributed by atoms with Gasteiger partial charge in [0.15, 0.2) is 0 Å². The van der Waals surface area contributed by atoms with E-state index in [-0.39, 0.29) is 7.92 Å². The van der Waals surface area contributed by atoms with Crippen molar-refractivity contribution in [2.45, 2.75) is 169 Å². The molecule has 53 heavy (non-hydrogen) atoms. The molecule has 0 saturated heterocycles. The maximum atomic E-state index is 5.63. The van der Waals surface area contributed by atoms with Crippen LogP contribution in [0.25, 0.3) is 0 Å². The van der Waals surface area contributed by atoms with Crippen LogP contribution < -0.4 is 9.80 Å². The summed E-state index contributed by atoms with van der Waals surface area (Å²) in [4.78, 5) is 5.87. The summed E-state index contributed by atoms with van der Waals surface area (Å²) >= 11 is 0.0926. The van der Waals surface area contributed by atoms with Crippen molar-refractivity contribution in [3.05, 3.63) is 98.1 Å². The molecule has 3 aromatic rings. The summed E-state index contributed by atoms with van der Waals surface area (Å²) in [6.45, 7) is 19.8. The van der Waals surface area contributed by atoms with Crippen molar-refractivity contribution in [3.63, 3.8) is 0 Å². The van der Waals surface area contributed by atoms with E-state index in [2.05, 4.69) is 96.1 Å². The molecule has 1 aromatic heterocycles. The Kier molecular flexibility index (Phi) is 17.0. The maximum absolute atomic E-state index is 5.63. The van der Waals surface area contributed by atoms with E-state index < -0.39 is 13.5 Å². The first kappa shape index (κ1) is 43.1. The van der Waals surface area contributed by atoms with Crippen molar-refractivity contribution in [2.75, 3.05) is 9.80 Å². The SMILES string of the molecule is C1CCC([PH+](C2CCCCC2)C2CCCCC2)CC1.CC1=C(C)N(c2c(C)cc(C)cc2C)[CH-]N1c1c(C)cc(C)cc1C.[Cl][Ru]([Cl])=[CH]c1cccs1. The average molecular weight is 883 g/mol. The molecule has 3 fully saturated rings. The zero-order chi connectivity index (χ0) is 38.1. The van der Waals surface area contributed by atoms with E-state index in [0.29, 0.717) is 0 Å². The van der Waals surface area contributed by atoms with Gasteiger partial charge in [-0.2, -0.15) is 0 Å². The molecule has 0 radical (unpaired) electrons. The first-order valence-electron chi connectivity index (χ1n) is 20.4. The monoisotopic (exact) mass is 882 g/mol. The fraction of sp³-hybridized carbons (Fsp3) is 0.565. The third-order valence-electron chi connectivity index (χ3n) is 12.2. The van der Waals surface area contributed by atoms with Crippen LogP contribution in [0.5, 0.6) is 0 Å². The first-order valence-corrected chi connectivity index (χ1v) is 28.5. The Balaban J connectivity index is 0.000000170. The molecule has 0 unspecified atom stereocenters. The molecular weight excluding hydrogens is 816 g/mol. The molecule has 7 heteroatoms. The molecule has 4 aliphatic rings. The summed E-state index contributed by atoms with van der Waals surface area (Å²) in [5.41, 5.74) is 16.8. The van der Waals surface area contributed by atoms with Gasteiger partial charge in [-0.3, -0.25) is 0 Å². The van der Waals surface area contributed by atoms with Crippen molar-refractivity contribution in [1.29, 1.82) is 0 Å². The predicted octanol–water partition coefficient (Wildman–Crippen LogP) is 15.3. The van der Waals surface area contributed by atoms with Crippen LogP contribution in [-0.4, -0.2) is 21.6 Å². The van der Waals surface area contributed by atoms with Crippen LogP contribution in [-0.2, 0) is 13.5 Å². The zero-order valence-corrected chi connectivity index (χ0v) is 39.0. The Morgan fingerprint density at radius 2 is 0.962 bits per heavy atom. The van der Waals surface area contributed by atoms with Gasteiger partial charge >= 0.3 is 71.2 Å². The Labute approximate surface area is 342 Å². The summed E-state index contributed by atoms with van der Waals surface area (Å²) in [6, 6.07) is 13.1. The molecule has 294 valence electrons. The molecule has 7 rings (SSSR count).